The van der Waals surface area contributed by atoms with Crippen LogP contribution in [0.5, 0.6) is 5.75 Å². The molecule has 22 heavy (non-hydrogen) atoms. The van der Waals surface area contributed by atoms with Crippen molar-refractivity contribution in [1.82, 2.24) is 0 Å². The van der Waals surface area contributed by atoms with Gasteiger partial charge in [-0.1, -0.05) is 6.07 Å². The van der Waals surface area contributed by atoms with E-state index in [0.29, 0.717) is 22.5 Å². The number of hydrogen-bond donors (Lipinski definition) is 1. The number of carbonyl (C=O) groups is 2. The standard InChI is InChI=1S/C15H11NO5S/c1-19-8-4-5-10-9(7-8)12(14(17)21-15(16)18)13(20-10)11-3-2-6-22-11/h2-7H,1H3,(H2,16,18). The number of fused-ring (bicyclic) bond motifs is 1. The number of rotatable bonds is 3. The van der Waals surface area contributed by atoms with E-state index in [4.69, 9.17) is 14.9 Å². The number of amides is 1. The first-order valence-corrected chi connectivity index (χ1v) is 7.14. The van der Waals surface area contributed by atoms with E-state index in [0.717, 1.165) is 4.88 Å². The number of nitrogens with two attached hydrogens (primary N) is 1. The lowest BCUT2D eigenvalue weighted by Gasteiger charge is -2.01. The average Bonchev–Trinajstić information content (AvgIpc) is 3.12. The van der Waals surface area contributed by atoms with Gasteiger partial charge in [0.25, 0.3) is 0 Å². The molecule has 0 saturated carbocycles. The Labute approximate surface area is 129 Å². The highest BCUT2D eigenvalue weighted by molar-refractivity contribution is 7.13. The second-order valence-corrected chi connectivity index (χ2v) is 5.30. The molecule has 0 aliphatic carbocycles. The molecule has 0 aliphatic rings. The van der Waals surface area contributed by atoms with Gasteiger partial charge in [0, 0.05) is 5.39 Å². The maximum atomic E-state index is 12.2. The van der Waals surface area contributed by atoms with E-state index in [1.165, 1.54) is 18.4 Å². The molecule has 3 rings (SSSR count). The number of primary amides is 1. The van der Waals surface area contributed by atoms with Gasteiger partial charge < -0.3 is 19.6 Å². The van der Waals surface area contributed by atoms with Crippen molar-refractivity contribution in [2.75, 3.05) is 7.11 Å². The van der Waals surface area contributed by atoms with E-state index in [1.54, 1.807) is 24.3 Å². The fraction of sp³-hybridized carbons (Fsp3) is 0.0667. The number of furan rings is 1. The molecule has 0 radical (unpaired) electrons. The van der Waals surface area contributed by atoms with Crippen molar-refractivity contribution < 1.29 is 23.5 Å². The molecular weight excluding hydrogens is 306 g/mol. The summed E-state index contributed by atoms with van der Waals surface area (Å²) in [7, 11) is 1.52. The predicted molar refractivity (Wildman–Crippen MR) is 81.1 cm³/mol. The van der Waals surface area contributed by atoms with Crippen LogP contribution in [0.1, 0.15) is 10.4 Å². The highest BCUT2D eigenvalue weighted by Crippen LogP contribution is 2.37. The number of benzene rings is 1. The van der Waals surface area contributed by atoms with Crippen LogP contribution in [-0.2, 0) is 4.74 Å². The molecule has 1 aromatic carbocycles. The van der Waals surface area contributed by atoms with Crippen LogP contribution >= 0.6 is 11.3 Å². The molecule has 1 amide bonds. The number of carbonyl (C=O) groups excluding carboxylic acids is 2. The van der Waals surface area contributed by atoms with Crippen molar-refractivity contribution in [3.8, 4) is 16.4 Å². The molecule has 0 aliphatic heterocycles. The van der Waals surface area contributed by atoms with Crippen molar-refractivity contribution >= 4 is 34.4 Å². The summed E-state index contributed by atoms with van der Waals surface area (Å²) in [5.41, 5.74) is 5.57. The van der Waals surface area contributed by atoms with E-state index in [1.807, 2.05) is 11.4 Å². The molecule has 2 N–H and O–H groups in total. The molecule has 2 aromatic heterocycles. The van der Waals surface area contributed by atoms with E-state index in [9.17, 15) is 9.59 Å². The SMILES string of the molecule is COc1ccc2oc(-c3cccs3)c(C(=O)OC(N)=O)c2c1. The molecule has 6 nitrogen and oxygen atoms in total. The van der Waals surface area contributed by atoms with E-state index in [-0.39, 0.29) is 5.56 Å². The van der Waals surface area contributed by atoms with Gasteiger partial charge in [0.05, 0.1) is 12.0 Å². The molecular formula is C15H11NO5S. The molecule has 2 heterocycles. The number of methoxy groups -OCH3 is 1. The normalized spacial score (nSPS) is 10.6. The Morgan fingerprint density at radius 2 is 2.09 bits per heavy atom. The molecule has 112 valence electrons. The lowest BCUT2D eigenvalue weighted by atomic mass is 10.1. The van der Waals surface area contributed by atoms with Gasteiger partial charge in [-0.2, -0.15) is 0 Å². The minimum atomic E-state index is -1.17. The quantitative estimate of drug-likeness (QED) is 0.590. The van der Waals surface area contributed by atoms with Crippen LogP contribution in [0.3, 0.4) is 0 Å². The summed E-state index contributed by atoms with van der Waals surface area (Å²) in [5, 5.41) is 2.35. The van der Waals surface area contributed by atoms with Crippen molar-refractivity contribution in [2.24, 2.45) is 5.73 Å². The zero-order chi connectivity index (χ0) is 15.7. The molecule has 0 spiro atoms. The first-order valence-electron chi connectivity index (χ1n) is 6.26. The highest BCUT2D eigenvalue weighted by Gasteiger charge is 2.25. The molecule has 0 fully saturated rings. The monoisotopic (exact) mass is 317 g/mol. The van der Waals surface area contributed by atoms with Gasteiger partial charge in [-0.05, 0) is 29.6 Å². The Morgan fingerprint density at radius 3 is 2.73 bits per heavy atom. The molecule has 7 heteroatoms. The third kappa shape index (κ3) is 2.42. The average molecular weight is 317 g/mol. The Morgan fingerprint density at radius 1 is 1.27 bits per heavy atom. The summed E-state index contributed by atoms with van der Waals surface area (Å²) >= 11 is 1.40. The van der Waals surface area contributed by atoms with Gasteiger partial charge in [0.15, 0.2) is 5.76 Å². The van der Waals surface area contributed by atoms with Crippen LogP contribution in [0.4, 0.5) is 4.79 Å². The third-order valence-corrected chi connectivity index (χ3v) is 3.91. The van der Waals surface area contributed by atoms with E-state index < -0.39 is 12.1 Å². The number of ether oxygens (including phenoxy) is 2. The summed E-state index contributed by atoms with van der Waals surface area (Å²) in [6, 6.07) is 8.69. The second kappa shape index (κ2) is 5.53. The van der Waals surface area contributed by atoms with Gasteiger partial charge in [0.2, 0.25) is 0 Å². The lowest BCUT2D eigenvalue weighted by Crippen LogP contribution is -2.18. The second-order valence-electron chi connectivity index (χ2n) is 4.35. The minimum Gasteiger partial charge on any atom is -0.497 e. The van der Waals surface area contributed by atoms with Gasteiger partial charge in [0.1, 0.15) is 16.9 Å². The largest absolute Gasteiger partial charge is 0.497 e. The maximum absolute atomic E-state index is 12.2. The third-order valence-electron chi connectivity index (χ3n) is 3.04. The summed E-state index contributed by atoms with van der Waals surface area (Å²) in [6.07, 6.45) is -1.17. The fourth-order valence-electron chi connectivity index (χ4n) is 2.13. The Kier molecular flexibility index (Phi) is 3.56. The first kappa shape index (κ1) is 14.2. The number of esters is 1. The molecule has 0 bridgehead atoms. The Hall–Kier alpha value is -2.80. The lowest BCUT2D eigenvalue weighted by molar-refractivity contribution is 0.0640. The van der Waals surface area contributed by atoms with Crippen molar-refractivity contribution in [2.45, 2.75) is 0 Å². The molecule has 0 saturated heterocycles. The zero-order valence-electron chi connectivity index (χ0n) is 11.5. The van der Waals surface area contributed by atoms with Gasteiger partial charge in [-0.25, -0.2) is 9.59 Å². The molecule has 0 unspecified atom stereocenters. The van der Waals surface area contributed by atoms with Gasteiger partial charge >= 0.3 is 12.1 Å². The van der Waals surface area contributed by atoms with E-state index >= 15 is 0 Å². The van der Waals surface area contributed by atoms with Crippen LogP contribution in [0, 0.1) is 0 Å². The fourth-order valence-corrected chi connectivity index (χ4v) is 2.84. The minimum absolute atomic E-state index is 0.148. The smallest absolute Gasteiger partial charge is 0.412 e. The maximum Gasteiger partial charge on any atom is 0.412 e. The van der Waals surface area contributed by atoms with Crippen LogP contribution in [0.25, 0.3) is 21.6 Å². The zero-order valence-corrected chi connectivity index (χ0v) is 12.3. The van der Waals surface area contributed by atoms with Crippen molar-refractivity contribution in [3.05, 3.63) is 41.3 Å². The first-order chi connectivity index (χ1) is 10.6. The summed E-state index contributed by atoms with van der Waals surface area (Å²) in [4.78, 5) is 23.9. The van der Waals surface area contributed by atoms with Gasteiger partial charge in [-0.3, -0.25) is 0 Å². The number of hydrogen-bond acceptors (Lipinski definition) is 6. The molecule has 0 atom stereocenters. The number of thiophene rings is 1. The summed E-state index contributed by atoms with van der Waals surface area (Å²) in [5.74, 6) is 0.0339. The highest BCUT2D eigenvalue weighted by atomic mass is 32.1. The topological polar surface area (TPSA) is 91.8 Å². The van der Waals surface area contributed by atoms with Gasteiger partial charge in [-0.15, -0.1) is 11.3 Å². The van der Waals surface area contributed by atoms with Crippen LogP contribution < -0.4 is 10.5 Å². The summed E-state index contributed by atoms with van der Waals surface area (Å²) in [6.45, 7) is 0. The predicted octanol–water partition coefficient (Wildman–Crippen LogP) is 3.41. The van der Waals surface area contributed by atoms with Crippen LogP contribution in [0.15, 0.2) is 40.1 Å². The Balaban J connectivity index is 2.25. The van der Waals surface area contributed by atoms with E-state index in [2.05, 4.69) is 4.74 Å². The van der Waals surface area contributed by atoms with Crippen LogP contribution in [0.2, 0.25) is 0 Å². The Bertz CT molecular complexity index is 850. The van der Waals surface area contributed by atoms with Crippen molar-refractivity contribution in [3.63, 3.8) is 0 Å². The molecule has 3 aromatic rings. The van der Waals surface area contributed by atoms with Crippen LogP contribution in [-0.4, -0.2) is 19.2 Å². The van der Waals surface area contributed by atoms with Crippen molar-refractivity contribution in [1.29, 1.82) is 0 Å². The summed E-state index contributed by atoms with van der Waals surface area (Å²) < 4.78 is 15.4.